The van der Waals surface area contributed by atoms with E-state index in [0.29, 0.717) is 0 Å². The lowest BCUT2D eigenvalue weighted by Gasteiger charge is -2.24. The zero-order valence-electron chi connectivity index (χ0n) is 13.0. The van der Waals surface area contributed by atoms with Crippen molar-refractivity contribution in [1.82, 2.24) is 9.62 Å². The Hall–Kier alpha value is -1.18. The van der Waals surface area contributed by atoms with Crippen molar-refractivity contribution in [3.05, 3.63) is 29.0 Å². The summed E-state index contributed by atoms with van der Waals surface area (Å²) in [5.41, 5.74) is -0.480. The van der Waals surface area contributed by atoms with E-state index in [2.05, 4.69) is 5.32 Å². The molecule has 0 aliphatic carbocycles. The molecule has 0 saturated carbocycles. The van der Waals surface area contributed by atoms with Crippen LogP contribution in [-0.2, 0) is 14.8 Å². The van der Waals surface area contributed by atoms with Crippen molar-refractivity contribution in [2.24, 2.45) is 0 Å². The number of hydrogen-bond acceptors (Lipinski definition) is 3. The molecule has 0 spiro atoms. The van der Waals surface area contributed by atoms with E-state index in [1.165, 1.54) is 6.07 Å². The number of nitrogens with one attached hydrogen (secondary N) is 1. The van der Waals surface area contributed by atoms with Gasteiger partial charge in [-0.2, -0.15) is 4.31 Å². The van der Waals surface area contributed by atoms with Crippen LogP contribution in [0, 0.1) is 5.82 Å². The monoisotopic (exact) mass is 350 g/mol. The maximum atomic E-state index is 13.9. The molecule has 1 aromatic rings. The fourth-order valence-corrected chi connectivity index (χ4v) is 3.42. The van der Waals surface area contributed by atoms with Gasteiger partial charge in [-0.15, -0.1) is 0 Å². The molecule has 0 bridgehead atoms. The lowest BCUT2D eigenvalue weighted by molar-refractivity contribution is -0.122. The molecule has 5 nitrogen and oxygen atoms in total. The molecule has 1 amide bonds. The van der Waals surface area contributed by atoms with Gasteiger partial charge < -0.3 is 5.32 Å². The molecule has 0 radical (unpaired) electrons. The maximum Gasteiger partial charge on any atom is 0.246 e. The summed E-state index contributed by atoms with van der Waals surface area (Å²) in [6.45, 7) is 6.60. The minimum absolute atomic E-state index is 0.0436. The fourth-order valence-electron chi connectivity index (χ4n) is 1.81. The highest BCUT2D eigenvalue weighted by Gasteiger charge is 2.29. The number of amides is 1. The van der Waals surface area contributed by atoms with E-state index >= 15 is 0 Å². The Morgan fingerprint density at radius 1 is 1.36 bits per heavy atom. The van der Waals surface area contributed by atoms with Crippen molar-refractivity contribution < 1.29 is 17.6 Å². The third-order valence-corrected chi connectivity index (χ3v) is 4.89. The molecule has 0 aromatic heterocycles. The van der Waals surface area contributed by atoms with E-state index in [-0.39, 0.29) is 18.1 Å². The molecule has 8 heteroatoms. The first-order valence-electron chi connectivity index (χ1n) is 6.73. The first kappa shape index (κ1) is 18.9. The largest absolute Gasteiger partial charge is 0.350 e. The van der Waals surface area contributed by atoms with Crippen LogP contribution in [0.25, 0.3) is 0 Å². The highest BCUT2D eigenvalue weighted by Crippen LogP contribution is 2.22. The molecule has 1 N–H and O–H groups in total. The number of carbonyl (C=O) groups excluding carboxylic acids is 1. The van der Waals surface area contributed by atoms with Gasteiger partial charge in [-0.1, -0.05) is 18.5 Å². The van der Waals surface area contributed by atoms with E-state index in [0.717, 1.165) is 16.4 Å². The van der Waals surface area contributed by atoms with Crippen LogP contribution in [0.2, 0.25) is 5.02 Å². The van der Waals surface area contributed by atoms with Crippen LogP contribution in [-0.4, -0.2) is 37.3 Å². The molecule has 0 aliphatic heterocycles. The first-order chi connectivity index (χ1) is 9.97. The summed E-state index contributed by atoms with van der Waals surface area (Å²) in [4.78, 5) is 11.4. The standard InChI is InChI=1S/C14H20ClFN2O3S/c1-5-18(9-13(19)17-14(2,3)4)22(20,21)12-7-6-10(15)8-11(12)16/h6-8H,5,9H2,1-4H3,(H,17,19). The molecule has 0 saturated heterocycles. The van der Waals surface area contributed by atoms with Gasteiger partial charge in [-0.3, -0.25) is 4.79 Å². The first-order valence-corrected chi connectivity index (χ1v) is 8.55. The fraction of sp³-hybridized carbons (Fsp3) is 0.500. The lowest BCUT2D eigenvalue weighted by Crippen LogP contribution is -2.47. The Kier molecular flexibility index (Phi) is 5.95. The van der Waals surface area contributed by atoms with Crippen LogP contribution in [0.3, 0.4) is 0 Å². The minimum atomic E-state index is -4.11. The molecular weight excluding hydrogens is 331 g/mol. The molecular formula is C14H20ClFN2O3S. The van der Waals surface area contributed by atoms with E-state index in [4.69, 9.17) is 11.6 Å². The van der Waals surface area contributed by atoms with Crippen molar-refractivity contribution in [2.45, 2.75) is 38.1 Å². The van der Waals surface area contributed by atoms with Gasteiger partial charge in [-0.05, 0) is 39.0 Å². The number of halogens is 2. The average molecular weight is 351 g/mol. The van der Waals surface area contributed by atoms with E-state index in [1.807, 2.05) is 0 Å². The molecule has 0 unspecified atom stereocenters. The summed E-state index contributed by atoms with van der Waals surface area (Å²) in [5, 5.41) is 2.77. The number of nitrogens with zero attached hydrogens (tertiary/aromatic N) is 1. The van der Waals surface area contributed by atoms with Gasteiger partial charge in [0.15, 0.2) is 0 Å². The predicted octanol–water partition coefficient (Wildman–Crippen LogP) is 2.40. The van der Waals surface area contributed by atoms with Gasteiger partial charge in [0.05, 0.1) is 6.54 Å². The predicted molar refractivity (Wildman–Crippen MR) is 83.7 cm³/mol. The molecule has 0 heterocycles. The molecule has 0 atom stereocenters. The average Bonchev–Trinajstić information content (AvgIpc) is 2.32. The topological polar surface area (TPSA) is 66.5 Å². The van der Waals surface area contributed by atoms with E-state index in [1.54, 1.807) is 27.7 Å². The van der Waals surface area contributed by atoms with Crippen LogP contribution < -0.4 is 5.32 Å². The quantitative estimate of drug-likeness (QED) is 0.886. The molecule has 0 fully saturated rings. The number of rotatable bonds is 5. The van der Waals surface area contributed by atoms with Crippen molar-refractivity contribution in [2.75, 3.05) is 13.1 Å². The third-order valence-electron chi connectivity index (χ3n) is 2.70. The SMILES string of the molecule is CCN(CC(=O)NC(C)(C)C)S(=O)(=O)c1ccc(Cl)cc1F. The second-order valence-corrected chi connectivity index (χ2v) is 8.15. The van der Waals surface area contributed by atoms with Crippen molar-refractivity contribution in [3.63, 3.8) is 0 Å². The Morgan fingerprint density at radius 3 is 2.41 bits per heavy atom. The van der Waals surface area contributed by atoms with Gasteiger partial charge >= 0.3 is 0 Å². The second-order valence-electron chi connectivity index (χ2n) is 5.80. The molecule has 1 aromatic carbocycles. The van der Waals surface area contributed by atoms with Crippen LogP contribution in [0.1, 0.15) is 27.7 Å². The third kappa shape index (κ3) is 4.93. The van der Waals surface area contributed by atoms with Crippen LogP contribution >= 0.6 is 11.6 Å². The van der Waals surface area contributed by atoms with Crippen molar-refractivity contribution >= 4 is 27.5 Å². The summed E-state index contributed by atoms with van der Waals surface area (Å²) in [6.07, 6.45) is 0. The summed E-state index contributed by atoms with van der Waals surface area (Å²) >= 11 is 5.62. The summed E-state index contributed by atoms with van der Waals surface area (Å²) in [5.74, 6) is -1.39. The van der Waals surface area contributed by atoms with Crippen molar-refractivity contribution in [3.8, 4) is 0 Å². The molecule has 1 rings (SSSR count). The zero-order valence-corrected chi connectivity index (χ0v) is 14.6. The van der Waals surface area contributed by atoms with Crippen LogP contribution in [0.15, 0.2) is 23.1 Å². The molecule has 0 aliphatic rings. The maximum absolute atomic E-state index is 13.9. The highest BCUT2D eigenvalue weighted by atomic mass is 35.5. The normalized spacial score (nSPS) is 12.5. The zero-order chi connectivity index (χ0) is 17.1. The Balaban J connectivity index is 3.05. The number of carbonyl (C=O) groups is 1. The van der Waals surface area contributed by atoms with Gasteiger partial charge in [0, 0.05) is 17.1 Å². The van der Waals surface area contributed by atoms with Crippen LogP contribution in [0.4, 0.5) is 4.39 Å². The van der Waals surface area contributed by atoms with E-state index < -0.39 is 32.2 Å². The van der Waals surface area contributed by atoms with E-state index in [9.17, 15) is 17.6 Å². The Bertz CT molecular complexity index is 657. The minimum Gasteiger partial charge on any atom is -0.350 e. The number of benzene rings is 1. The Morgan fingerprint density at radius 2 is 1.95 bits per heavy atom. The molecule has 124 valence electrons. The van der Waals surface area contributed by atoms with Gasteiger partial charge in [0.2, 0.25) is 15.9 Å². The smallest absolute Gasteiger partial charge is 0.246 e. The summed E-state index contributed by atoms with van der Waals surface area (Å²) < 4.78 is 39.7. The molecule has 22 heavy (non-hydrogen) atoms. The summed E-state index contributed by atoms with van der Waals surface area (Å²) in [7, 11) is -4.11. The number of hydrogen-bond donors (Lipinski definition) is 1. The summed E-state index contributed by atoms with van der Waals surface area (Å²) in [6, 6.07) is 3.31. The highest BCUT2D eigenvalue weighted by molar-refractivity contribution is 7.89. The van der Waals surface area contributed by atoms with Crippen molar-refractivity contribution in [1.29, 1.82) is 0 Å². The van der Waals surface area contributed by atoms with Gasteiger partial charge in [0.25, 0.3) is 0 Å². The van der Waals surface area contributed by atoms with Gasteiger partial charge in [-0.25, -0.2) is 12.8 Å². The lowest BCUT2D eigenvalue weighted by atomic mass is 10.1. The van der Waals surface area contributed by atoms with Gasteiger partial charge in [0.1, 0.15) is 10.7 Å². The number of sulfonamides is 1. The second kappa shape index (κ2) is 6.93. The number of likely N-dealkylation sites (N-methyl/N-ethyl adjacent to an activating group) is 1. The van der Waals surface area contributed by atoms with Crippen LogP contribution in [0.5, 0.6) is 0 Å². The Labute approximate surface area is 135 Å².